The molecule has 150 valence electrons. The normalized spacial score (nSPS) is 11.1. The summed E-state index contributed by atoms with van der Waals surface area (Å²) in [5.74, 6) is -0.716. The molecule has 0 spiro atoms. The Morgan fingerprint density at radius 2 is 1.75 bits per heavy atom. The van der Waals surface area contributed by atoms with Crippen molar-refractivity contribution in [1.82, 2.24) is 9.62 Å². The van der Waals surface area contributed by atoms with Gasteiger partial charge in [-0.1, -0.05) is 17.7 Å². The number of amides is 2. The van der Waals surface area contributed by atoms with Crippen molar-refractivity contribution in [2.45, 2.75) is 18.7 Å². The van der Waals surface area contributed by atoms with E-state index in [-0.39, 0.29) is 21.4 Å². The molecule has 2 aromatic carbocycles. The van der Waals surface area contributed by atoms with Gasteiger partial charge in [-0.05, 0) is 57.3 Å². The van der Waals surface area contributed by atoms with Crippen LogP contribution in [-0.2, 0) is 10.0 Å². The maximum Gasteiger partial charge on any atom is 0.257 e. The second-order valence-corrected chi connectivity index (χ2v) is 8.16. The molecule has 7 nitrogen and oxygen atoms in total. The van der Waals surface area contributed by atoms with Crippen LogP contribution in [0.1, 0.15) is 34.6 Å². The summed E-state index contributed by atoms with van der Waals surface area (Å²) in [6.45, 7) is 4.94. The Morgan fingerprint density at radius 1 is 1.07 bits per heavy atom. The Balaban J connectivity index is 2.30. The van der Waals surface area contributed by atoms with Crippen LogP contribution in [0.3, 0.4) is 0 Å². The molecule has 2 N–H and O–H groups in total. The molecule has 0 aliphatic carbocycles. The summed E-state index contributed by atoms with van der Waals surface area (Å²) in [5.41, 5.74) is 0.860. The number of hydrogen-bond donors (Lipinski definition) is 2. The average Bonchev–Trinajstić information content (AvgIpc) is 2.69. The third-order valence-electron chi connectivity index (χ3n) is 4.18. The molecule has 0 aliphatic rings. The highest BCUT2D eigenvalue weighted by Crippen LogP contribution is 2.22. The lowest BCUT2D eigenvalue weighted by Gasteiger charge is -2.19. The van der Waals surface area contributed by atoms with Crippen LogP contribution in [0.25, 0.3) is 0 Å². The van der Waals surface area contributed by atoms with Gasteiger partial charge in [-0.25, -0.2) is 13.1 Å². The highest BCUT2D eigenvalue weighted by molar-refractivity contribution is 7.89. The minimum Gasteiger partial charge on any atom is -0.339 e. The summed E-state index contributed by atoms with van der Waals surface area (Å²) < 4.78 is 26.1. The molecular weight excluding hydrogens is 402 g/mol. The van der Waals surface area contributed by atoms with E-state index in [4.69, 9.17) is 11.6 Å². The summed E-state index contributed by atoms with van der Waals surface area (Å²) in [6, 6.07) is 10.4. The number of nitrogens with one attached hydrogen (secondary N) is 2. The Labute approximate surface area is 169 Å². The highest BCUT2D eigenvalue weighted by Gasteiger charge is 2.18. The minimum absolute atomic E-state index is 0.0125. The molecule has 0 bridgehead atoms. The summed E-state index contributed by atoms with van der Waals surface area (Å²) in [7, 11) is -2.44. The van der Waals surface area contributed by atoms with Gasteiger partial charge in [-0.15, -0.1) is 0 Å². The first-order valence-corrected chi connectivity index (χ1v) is 10.5. The molecule has 2 aromatic rings. The first-order chi connectivity index (χ1) is 13.2. The van der Waals surface area contributed by atoms with Gasteiger partial charge in [0, 0.05) is 24.3 Å². The van der Waals surface area contributed by atoms with Gasteiger partial charge >= 0.3 is 0 Å². The lowest BCUT2D eigenvalue weighted by Crippen LogP contribution is -2.30. The van der Waals surface area contributed by atoms with Crippen LogP contribution < -0.4 is 10.0 Å². The lowest BCUT2D eigenvalue weighted by atomic mass is 10.1. The zero-order valence-electron chi connectivity index (χ0n) is 15.8. The maximum absolute atomic E-state index is 12.6. The second-order valence-electron chi connectivity index (χ2n) is 5.86. The van der Waals surface area contributed by atoms with E-state index in [0.29, 0.717) is 24.3 Å². The molecule has 0 aliphatic heterocycles. The van der Waals surface area contributed by atoms with Crippen LogP contribution >= 0.6 is 11.6 Å². The summed E-state index contributed by atoms with van der Waals surface area (Å²) in [6.07, 6.45) is 0. The van der Waals surface area contributed by atoms with E-state index in [2.05, 4.69) is 10.0 Å². The zero-order valence-corrected chi connectivity index (χ0v) is 17.4. The molecule has 0 radical (unpaired) electrons. The van der Waals surface area contributed by atoms with E-state index in [0.717, 1.165) is 0 Å². The second kappa shape index (κ2) is 9.18. The van der Waals surface area contributed by atoms with Crippen molar-refractivity contribution in [2.24, 2.45) is 0 Å². The number of hydrogen-bond acceptors (Lipinski definition) is 4. The van der Waals surface area contributed by atoms with Crippen molar-refractivity contribution >= 4 is 39.1 Å². The molecular formula is C19H22ClN3O4S. The predicted octanol–water partition coefficient (Wildman–Crippen LogP) is 2.98. The molecule has 0 aromatic heterocycles. The van der Waals surface area contributed by atoms with Crippen LogP contribution in [0.5, 0.6) is 0 Å². The number of carbonyl (C=O) groups is 2. The Kier molecular flexibility index (Phi) is 7.17. The van der Waals surface area contributed by atoms with E-state index in [1.807, 2.05) is 13.8 Å². The lowest BCUT2D eigenvalue weighted by molar-refractivity contribution is 0.0772. The van der Waals surface area contributed by atoms with Crippen molar-refractivity contribution in [3.8, 4) is 0 Å². The molecule has 0 saturated heterocycles. The molecule has 2 amide bonds. The molecule has 0 heterocycles. The molecule has 2 rings (SSSR count). The van der Waals surface area contributed by atoms with Gasteiger partial charge in [0.05, 0.1) is 15.5 Å². The number of carbonyl (C=O) groups excluding carboxylic acids is 2. The van der Waals surface area contributed by atoms with Crippen molar-refractivity contribution in [3.63, 3.8) is 0 Å². The first kappa shape index (κ1) is 21.9. The number of anilines is 1. The number of nitrogens with zero attached hydrogens (tertiary/aromatic N) is 1. The quantitative estimate of drug-likeness (QED) is 0.715. The van der Waals surface area contributed by atoms with Gasteiger partial charge in [0.15, 0.2) is 0 Å². The van der Waals surface area contributed by atoms with Gasteiger partial charge in [0.1, 0.15) is 0 Å². The van der Waals surface area contributed by atoms with Crippen LogP contribution in [0.2, 0.25) is 5.02 Å². The molecule has 0 fully saturated rings. The monoisotopic (exact) mass is 423 g/mol. The SMILES string of the molecule is CCN(CC)C(=O)c1cccc(NC(=O)c2cc(S(=O)(=O)NC)ccc2Cl)c1. The van der Waals surface area contributed by atoms with Gasteiger partial charge < -0.3 is 10.2 Å². The molecule has 9 heteroatoms. The molecule has 0 unspecified atom stereocenters. The number of benzene rings is 2. The Morgan fingerprint density at radius 3 is 2.36 bits per heavy atom. The fourth-order valence-corrected chi connectivity index (χ4v) is 3.54. The van der Waals surface area contributed by atoms with E-state index in [1.165, 1.54) is 25.2 Å². The topological polar surface area (TPSA) is 95.6 Å². The molecule has 0 saturated carbocycles. The van der Waals surface area contributed by atoms with E-state index in [1.54, 1.807) is 29.2 Å². The first-order valence-electron chi connectivity index (χ1n) is 8.67. The van der Waals surface area contributed by atoms with Crippen molar-refractivity contribution in [3.05, 3.63) is 58.6 Å². The summed E-state index contributed by atoms with van der Waals surface area (Å²) in [4.78, 5) is 26.7. The smallest absolute Gasteiger partial charge is 0.257 e. The van der Waals surface area contributed by atoms with E-state index < -0.39 is 15.9 Å². The Hall–Kier alpha value is -2.42. The fourth-order valence-electron chi connectivity index (χ4n) is 2.59. The Bertz CT molecular complexity index is 988. The average molecular weight is 424 g/mol. The fraction of sp³-hybridized carbons (Fsp3) is 0.263. The van der Waals surface area contributed by atoms with Gasteiger partial charge in [-0.3, -0.25) is 9.59 Å². The molecule has 28 heavy (non-hydrogen) atoms. The van der Waals surface area contributed by atoms with Crippen LogP contribution in [0, 0.1) is 0 Å². The predicted molar refractivity (Wildman–Crippen MR) is 109 cm³/mol. The minimum atomic E-state index is -3.72. The van der Waals surface area contributed by atoms with Crippen molar-refractivity contribution in [1.29, 1.82) is 0 Å². The van der Waals surface area contributed by atoms with Crippen LogP contribution in [0.15, 0.2) is 47.4 Å². The van der Waals surface area contributed by atoms with Crippen molar-refractivity contribution in [2.75, 3.05) is 25.5 Å². The highest BCUT2D eigenvalue weighted by atomic mass is 35.5. The maximum atomic E-state index is 12.6. The number of rotatable bonds is 7. The van der Waals surface area contributed by atoms with Crippen molar-refractivity contribution < 1.29 is 18.0 Å². The van der Waals surface area contributed by atoms with Crippen LogP contribution in [-0.4, -0.2) is 45.3 Å². The largest absolute Gasteiger partial charge is 0.339 e. The molecule has 0 atom stereocenters. The number of halogens is 1. The third kappa shape index (κ3) is 4.89. The standard InChI is InChI=1S/C19H22ClN3O4S/c1-4-23(5-2)19(25)13-7-6-8-14(11-13)22-18(24)16-12-15(9-10-17(16)20)28(26,27)21-3/h6-12,21H,4-5H2,1-3H3,(H,22,24). The van der Waals surface area contributed by atoms with Gasteiger partial charge in [-0.2, -0.15) is 0 Å². The number of sulfonamides is 1. The summed E-state index contributed by atoms with van der Waals surface area (Å²) >= 11 is 6.07. The van der Waals surface area contributed by atoms with Gasteiger partial charge in [0.2, 0.25) is 10.0 Å². The summed E-state index contributed by atoms with van der Waals surface area (Å²) in [5, 5.41) is 2.77. The van der Waals surface area contributed by atoms with Crippen LogP contribution in [0.4, 0.5) is 5.69 Å². The van der Waals surface area contributed by atoms with Gasteiger partial charge in [0.25, 0.3) is 11.8 Å². The van der Waals surface area contributed by atoms with E-state index in [9.17, 15) is 18.0 Å². The van der Waals surface area contributed by atoms with E-state index >= 15 is 0 Å². The zero-order chi connectivity index (χ0) is 20.9. The third-order valence-corrected chi connectivity index (χ3v) is 5.92.